The topological polar surface area (TPSA) is 66.0 Å². The largest absolute Gasteiger partial charge is 0.463 e. The van der Waals surface area contributed by atoms with Crippen LogP contribution < -0.4 is 10.5 Å². The van der Waals surface area contributed by atoms with Crippen molar-refractivity contribution in [2.24, 2.45) is 0 Å². The van der Waals surface area contributed by atoms with Gasteiger partial charge in [0.2, 0.25) is 5.95 Å². The first-order chi connectivity index (χ1) is 7.70. The Labute approximate surface area is 93.9 Å². The van der Waals surface area contributed by atoms with Gasteiger partial charge in [0.15, 0.2) is 0 Å². The minimum absolute atomic E-state index is 0.307. The third-order valence-corrected chi connectivity index (χ3v) is 2.13. The van der Waals surface area contributed by atoms with E-state index < -0.39 is 0 Å². The summed E-state index contributed by atoms with van der Waals surface area (Å²) in [6, 6.07) is 8.18. The second-order valence-electron chi connectivity index (χ2n) is 3.44. The van der Waals surface area contributed by atoms with Crippen LogP contribution in [0.25, 0.3) is 5.69 Å². The molecule has 0 unspecified atom stereocenters. The number of ether oxygens (including phenoxy) is 1. The molecule has 0 saturated heterocycles. The second-order valence-corrected chi connectivity index (χ2v) is 3.44. The third kappa shape index (κ3) is 1.98. The normalized spacial score (nSPS) is 10.4. The van der Waals surface area contributed by atoms with Gasteiger partial charge < -0.3 is 10.5 Å². The highest BCUT2D eigenvalue weighted by Crippen LogP contribution is 2.15. The van der Waals surface area contributed by atoms with Gasteiger partial charge in [0.1, 0.15) is 0 Å². The quantitative estimate of drug-likeness (QED) is 0.849. The molecule has 16 heavy (non-hydrogen) atoms. The molecule has 1 aromatic carbocycles. The van der Waals surface area contributed by atoms with Crippen molar-refractivity contribution in [2.45, 2.75) is 13.8 Å². The molecule has 5 nitrogen and oxygen atoms in total. The van der Waals surface area contributed by atoms with Crippen molar-refractivity contribution < 1.29 is 4.74 Å². The van der Waals surface area contributed by atoms with E-state index in [2.05, 4.69) is 10.1 Å². The number of nitrogens with zero attached hydrogens (tertiary/aromatic N) is 3. The van der Waals surface area contributed by atoms with Gasteiger partial charge in [-0.2, -0.15) is 9.67 Å². The highest BCUT2D eigenvalue weighted by molar-refractivity contribution is 5.40. The standard InChI is InChI=1S/C11H14N4O/c1-3-16-11-13-10(12)15(14-11)9-6-4-5-8(2)7-9/h4-7H,3H2,1-2H3,(H2,12,13,14). The molecule has 0 aliphatic rings. The average Bonchev–Trinajstić information content (AvgIpc) is 2.60. The molecule has 1 heterocycles. The predicted molar refractivity (Wildman–Crippen MR) is 61.7 cm³/mol. The molecular formula is C11H14N4O. The molecule has 0 fully saturated rings. The van der Waals surface area contributed by atoms with Gasteiger partial charge in [-0.15, -0.1) is 5.10 Å². The lowest BCUT2D eigenvalue weighted by molar-refractivity contribution is 0.312. The van der Waals surface area contributed by atoms with E-state index in [0.717, 1.165) is 11.3 Å². The predicted octanol–water partition coefficient (Wildman–Crippen LogP) is 1.56. The molecule has 0 saturated carbocycles. The van der Waals surface area contributed by atoms with Crippen molar-refractivity contribution in [2.75, 3.05) is 12.3 Å². The van der Waals surface area contributed by atoms with Crippen molar-refractivity contribution in [3.05, 3.63) is 29.8 Å². The maximum atomic E-state index is 5.76. The SMILES string of the molecule is CCOc1nc(N)n(-c2cccc(C)c2)n1. The minimum Gasteiger partial charge on any atom is -0.463 e. The number of nitrogens with two attached hydrogens (primary N) is 1. The molecule has 2 aromatic rings. The van der Waals surface area contributed by atoms with E-state index in [0.29, 0.717) is 18.6 Å². The van der Waals surface area contributed by atoms with Gasteiger partial charge in [-0.3, -0.25) is 0 Å². The van der Waals surface area contributed by atoms with E-state index in [1.165, 1.54) is 0 Å². The first-order valence-electron chi connectivity index (χ1n) is 5.13. The molecule has 0 spiro atoms. The Hall–Kier alpha value is -2.04. The molecule has 5 heteroatoms. The molecular weight excluding hydrogens is 204 g/mol. The summed E-state index contributed by atoms with van der Waals surface area (Å²) in [6.45, 7) is 4.42. The van der Waals surface area contributed by atoms with Crippen LogP contribution in [0, 0.1) is 6.92 Å². The van der Waals surface area contributed by atoms with Gasteiger partial charge in [-0.05, 0) is 31.5 Å². The number of anilines is 1. The van der Waals surface area contributed by atoms with Crippen molar-refractivity contribution in [1.29, 1.82) is 0 Å². The summed E-state index contributed by atoms with van der Waals surface area (Å²) in [6.07, 6.45) is 0. The number of nitrogen functional groups attached to an aromatic ring is 1. The number of rotatable bonds is 3. The van der Waals surface area contributed by atoms with E-state index in [9.17, 15) is 0 Å². The zero-order valence-electron chi connectivity index (χ0n) is 9.34. The van der Waals surface area contributed by atoms with Crippen LogP contribution in [-0.4, -0.2) is 21.4 Å². The Morgan fingerprint density at radius 3 is 2.94 bits per heavy atom. The molecule has 0 aliphatic heterocycles. The summed E-state index contributed by atoms with van der Waals surface area (Å²) < 4.78 is 6.76. The molecule has 0 bridgehead atoms. The highest BCUT2D eigenvalue weighted by Gasteiger charge is 2.08. The molecule has 2 rings (SSSR count). The van der Waals surface area contributed by atoms with Crippen LogP contribution >= 0.6 is 0 Å². The Kier molecular flexibility index (Phi) is 2.76. The highest BCUT2D eigenvalue weighted by atomic mass is 16.5. The van der Waals surface area contributed by atoms with Crippen molar-refractivity contribution >= 4 is 5.95 Å². The van der Waals surface area contributed by atoms with Crippen molar-refractivity contribution in [3.8, 4) is 11.7 Å². The van der Waals surface area contributed by atoms with Gasteiger partial charge in [-0.25, -0.2) is 0 Å². The van der Waals surface area contributed by atoms with Crippen LogP contribution in [0.4, 0.5) is 5.95 Å². The van der Waals surface area contributed by atoms with Gasteiger partial charge in [0.25, 0.3) is 0 Å². The monoisotopic (exact) mass is 218 g/mol. The average molecular weight is 218 g/mol. The van der Waals surface area contributed by atoms with Crippen LogP contribution in [0.15, 0.2) is 24.3 Å². The van der Waals surface area contributed by atoms with Crippen molar-refractivity contribution in [3.63, 3.8) is 0 Å². The van der Waals surface area contributed by atoms with E-state index in [-0.39, 0.29) is 0 Å². The molecule has 0 atom stereocenters. The maximum absolute atomic E-state index is 5.76. The number of aryl methyl sites for hydroxylation is 1. The Morgan fingerprint density at radius 2 is 2.25 bits per heavy atom. The Morgan fingerprint density at radius 1 is 1.44 bits per heavy atom. The zero-order chi connectivity index (χ0) is 11.5. The summed E-state index contributed by atoms with van der Waals surface area (Å²) in [5.41, 5.74) is 7.79. The van der Waals surface area contributed by atoms with Crippen LogP contribution in [0.3, 0.4) is 0 Å². The van der Waals surface area contributed by atoms with Crippen LogP contribution in [-0.2, 0) is 0 Å². The van der Waals surface area contributed by atoms with Crippen molar-refractivity contribution in [1.82, 2.24) is 14.8 Å². The number of hydrogen-bond acceptors (Lipinski definition) is 4. The minimum atomic E-state index is 0.307. The fourth-order valence-electron chi connectivity index (χ4n) is 1.44. The van der Waals surface area contributed by atoms with E-state index >= 15 is 0 Å². The lowest BCUT2D eigenvalue weighted by Crippen LogP contribution is -2.02. The summed E-state index contributed by atoms with van der Waals surface area (Å²) in [5.74, 6) is 0.328. The number of aromatic nitrogens is 3. The maximum Gasteiger partial charge on any atom is 0.337 e. The van der Waals surface area contributed by atoms with Gasteiger partial charge in [0.05, 0.1) is 12.3 Å². The van der Waals surface area contributed by atoms with Gasteiger partial charge in [0, 0.05) is 0 Å². The molecule has 2 N–H and O–H groups in total. The fourth-order valence-corrected chi connectivity index (χ4v) is 1.44. The summed E-state index contributed by atoms with van der Waals surface area (Å²) in [4.78, 5) is 4.01. The summed E-state index contributed by atoms with van der Waals surface area (Å²) in [5, 5.41) is 4.17. The Balaban J connectivity index is 2.40. The van der Waals surface area contributed by atoms with Crippen LogP contribution in [0.2, 0.25) is 0 Å². The first kappa shape index (κ1) is 10.5. The van der Waals surface area contributed by atoms with Gasteiger partial charge in [-0.1, -0.05) is 12.1 Å². The summed E-state index contributed by atoms with van der Waals surface area (Å²) in [7, 11) is 0. The van der Waals surface area contributed by atoms with E-state index in [4.69, 9.17) is 10.5 Å². The molecule has 0 radical (unpaired) electrons. The molecule has 0 aliphatic carbocycles. The van der Waals surface area contributed by atoms with Crippen LogP contribution in [0.5, 0.6) is 6.01 Å². The smallest absolute Gasteiger partial charge is 0.337 e. The second kappa shape index (κ2) is 4.22. The first-order valence-corrected chi connectivity index (χ1v) is 5.13. The number of hydrogen-bond donors (Lipinski definition) is 1. The Bertz CT molecular complexity index is 492. The van der Waals surface area contributed by atoms with E-state index in [1.807, 2.05) is 38.1 Å². The van der Waals surface area contributed by atoms with Gasteiger partial charge >= 0.3 is 6.01 Å². The zero-order valence-corrected chi connectivity index (χ0v) is 9.34. The molecule has 1 aromatic heterocycles. The number of benzene rings is 1. The molecule has 84 valence electrons. The summed E-state index contributed by atoms with van der Waals surface area (Å²) >= 11 is 0. The lowest BCUT2D eigenvalue weighted by atomic mass is 10.2. The van der Waals surface area contributed by atoms with Crippen LogP contribution in [0.1, 0.15) is 12.5 Å². The van der Waals surface area contributed by atoms with E-state index in [1.54, 1.807) is 4.68 Å². The third-order valence-electron chi connectivity index (χ3n) is 2.13. The lowest BCUT2D eigenvalue weighted by Gasteiger charge is -2.02. The molecule has 0 amide bonds. The fraction of sp³-hybridized carbons (Fsp3) is 0.273.